The lowest BCUT2D eigenvalue weighted by atomic mass is 10.1. The van der Waals surface area contributed by atoms with E-state index in [2.05, 4.69) is 20.3 Å². The van der Waals surface area contributed by atoms with Gasteiger partial charge in [0.1, 0.15) is 17.3 Å². The molecule has 1 aliphatic heterocycles. The van der Waals surface area contributed by atoms with Crippen molar-refractivity contribution in [1.82, 2.24) is 19.9 Å². The Morgan fingerprint density at radius 1 is 1.24 bits per heavy atom. The summed E-state index contributed by atoms with van der Waals surface area (Å²) in [6, 6.07) is 8.58. The molecule has 0 atom stereocenters. The van der Waals surface area contributed by atoms with Gasteiger partial charge in [0.05, 0.1) is 19.3 Å². The number of H-pyrrole nitrogens is 1. The third-order valence-electron chi connectivity index (χ3n) is 5.44. The molecule has 1 aromatic carbocycles. The van der Waals surface area contributed by atoms with Crippen LogP contribution in [0.15, 0.2) is 35.1 Å². The summed E-state index contributed by atoms with van der Waals surface area (Å²) in [5.41, 5.74) is 1.44. The molecule has 0 bridgehead atoms. The van der Waals surface area contributed by atoms with E-state index in [1.807, 2.05) is 43.0 Å². The lowest BCUT2D eigenvalue weighted by Gasteiger charge is -2.26. The van der Waals surface area contributed by atoms with Crippen molar-refractivity contribution in [3.8, 4) is 5.75 Å². The molecular weight excluding hydrogens is 454 g/mol. The Bertz CT molecular complexity index is 1250. The zero-order chi connectivity index (χ0) is 24.2. The second-order valence-corrected chi connectivity index (χ2v) is 9.69. The fraction of sp³-hybridized carbons (Fsp3) is 0.375. The Hall–Kier alpha value is -3.53. The van der Waals surface area contributed by atoms with Crippen LogP contribution in [0.1, 0.15) is 52.7 Å². The number of thiazole rings is 1. The standard InChI is InChI=1S/C24H27N5O4S/c1-14(2)10-22(31)29-9-8-17-19(13-29)34-24(26-17)28-23(32)18-12-21(30)27-20(25-18)11-15-4-6-16(33-3)7-5-15/h4-7,12,14H,8-11,13H2,1-3H3,(H,25,27,30)(H,26,28,32). The molecule has 178 valence electrons. The second kappa shape index (κ2) is 10.2. The molecule has 0 radical (unpaired) electrons. The number of rotatable bonds is 7. The lowest BCUT2D eigenvalue weighted by Crippen LogP contribution is -2.36. The number of anilines is 1. The molecule has 3 aromatic rings. The van der Waals surface area contributed by atoms with Crippen molar-refractivity contribution in [3.05, 3.63) is 68.3 Å². The van der Waals surface area contributed by atoms with Gasteiger partial charge < -0.3 is 14.6 Å². The largest absolute Gasteiger partial charge is 0.497 e. The molecule has 4 rings (SSSR count). The van der Waals surface area contributed by atoms with Gasteiger partial charge in [-0.25, -0.2) is 9.97 Å². The highest BCUT2D eigenvalue weighted by Gasteiger charge is 2.25. The van der Waals surface area contributed by atoms with E-state index in [1.54, 1.807) is 7.11 Å². The summed E-state index contributed by atoms with van der Waals surface area (Å²) in [6.07, 6.45) is 1.54. The van der Waals surface area contributed by atoms with Crippen molar-refractivity contribution in [2.24, 2.45) is 5.92 Å². The highest BCUT2D eigenvalue weighted by molar-refractivity contribution is 7.15. The molecule has 0 fully saturated rings. The Labute approximate surface area is 201 Å². The number of fused-ring (bicyclic) bond motifs is 1. The highest BCUT2D eigenvalue weighted by atomic mass is 32.1. The molecule has 0 spiro atoms. The molecule has 10 heteroatoms. The SMILES string of the molecule is COc1ccc(Cc2nc(C(=O)Nc3nc4c(s3)CN(C(=O)CC(C)C)CC4)cc(=O)[nH]2)cc1. The molecule has 2 aromatic heterocycles. The minimum Gasteiger partial charge on any atom is -0.497 e. The van der Waals surface area contributed by atoms with Crippen LogP contribution in [-0.4, -0.2) is 45.3 Å². The average Bonchev–Trinajstić information content (AvgIpc) is 3.20. The number of hydrogen-bond acceptors (Lipinski definition) is 7. The maximum Gasteiger partial charge on any atom is 0.276 e. The van der Waals surface area contributed by atoms with Crippen LogP contribution in [0, 0.1) is 5.92 Å². The summed E-state index contributed by atoms with van der Waals surface area (Å²) in [6.45, 7) is 5.18. The fourth-order valence-corrected chi connectivity index (χ4v) is 4.77. The first-order valence-corrected chi connectivity index (χ1v) is 11.9. The molecule has 0 aliphatic carbocycles. The summed E-state index contributed by atoms with van der Waals surface area (Å²) in [5.74, 6) is 1.07. The lowest BCUT2D eigenvalue weighted by molar-refractivity contribution is -0.132. The molecule has 2 amide bonds. The van der Waals surface area contributed by atoms with E-state index in [4.69, 9.17) is 4.74 Å². The van der Waals surface area contributed by atoms with Crippen LogP contribution >= 0.6 is 11.3 Å². The Balaban J connectivity index is 1.45. The van der Waals surface area contributed by atoms with Crippen molar-refractivity contribution in [1.29, 1.82) is 0 Å². The zero-order valence-electron chi connectivity index (χ0n) is 19.4. The molecule has 0 saturated carbocycles. The number of methoxy groups -OCH3 is 1. The van der Waals surface area contributed by atoms with Gasteiger partial charge in [-0.3, -0.25) is 19.7 Å². The third kappa shape index (κ3) is 5.69. The fourth-order valence-electron chi connectivity index (χ4n) is 3.75. The van der Waals surface area contributed by atoms with E-state index in [0.717, 1.165) is 21.9 Å². The molecule has 2 N–H and O–H groups in total. The van der Waals surface area contributed by atoms with Crippen LogP contribution in [-0.2, 0) is 24.2 Å². The number of amides is 2. The van der Waals surface area contributed by atoms with Gasteiger partial charge in [0.25, 0.3) is 11.5 Å². The van der Waals surface area contributed by atoms with Crippen molar-refractivity contribution in [3.63, 3.8) is 0 Å². The quantitative estimate of drug-likeness (QED) is 0.536. The van der Waals surface area contributed by atoms with E-state index in [1.165, 1.54) is 17.4 Å². The number of hydrogen-bond donors (Lipinski definition) is 2. The molecular formula is C24H27N5O4S. The number of carbonyl (C=O) groups excluding carboxylic acids is 2. The number of nitrogens with zero attached hydrogens (tertiary/aromatic N) is 3. The molecule has 3 heterocycles. The predicted octanol–water partition coefficient (Wildman–Crippen LogP) is 3.01. The maximum absolute atomic E-state index is 12.8. The normalized spacial score (nSPS) is 13.0. The van der Waals surface area contributed by atoms with E-state index in [0.29, 0.717) is 49.2 Å². The van der Waals surface area contributed by atoms with Crippen LogP contribution in [0.4, 0.5) is 5.13 Å². The number of benzene rings is 1. The summed E-state index contributed by atoms with van der Waals surface area (Å²) >= 11 is 1.35. The zero-order valence-corrected chi connectivity index (χ0v) is 20.2. The number of carbonyl (C=O) groups is 2. The van der Waals surface area contributed by atoms with E-state index >= 15 is 0 Å². The smallest absolute Gasteiger partial charge is 0.276 e. The summed E-state index contributed by atoms with van der Waals surface area (Å²) in [5, 5.41) is 3.20. The first-order valence-electron chi connectivity index (χ1n) is 11.1. The van der Waals surface area contributed by atoms with Gasteiger partial charge in [0.2, 0.25) is 5.91 Å². The Morgan fingerprint density at radius 3 is 2.71 bits per heavy atom. The van der Waals surface area contributed by atoms with Crippen LogP contribution in [0.25, 0.3) is 0 Å². The predicted molar refractivity (Wildman–Crippen MR) is 129 cm³/mol. The molecule has 9 nitrogen and oxygen atoms in total. The average molecular weight is 482 g/mol. The first kappa shape index (κ1) is 23.6. The monoisotopic (exact) mass is 481 g/mol. The van der Waals surface area contributed by atoms with Crippen molar-refractivity contribution < 1.29 is 14.3 Å². The van der Waals surface area contributed by atoms with Crippen LogP contribution in [0.2, 0.25) is 0 Å². The van der Waals surface area contributed by atoms with Gasteiger partial charge in [-0.15, -0.1) is 0 Å². The van der Waals surface area contributed by atoms with E-state index in [9.17, 15) is 14.4 Å². The van der Waals surface area contributed by atoms with E-state index < -0.39 is 11.5 Å². The van der Waals surface area contributed by atoms with E-state index in [-0.39, 0.29) is 11.6 Å². The number of aromatic nitrogens is 3. The molecule has 0 saturated heterocycles. The van der Waals surface area contributed by atoms with Crippen LogP contribution < -0.4 is 15.6 Å². The van der Waals surface area contributed by atoms with Crippen molar-refractivity contribution >= 4 is 28.3 Å². The number of ether oxygens (including phenoxy) is 1. The van der Waals surface area contributed by atoms with Gasteiger partial charge in [-0.2, -0.15) is 0 Å². The second-order valence-electron chi connectivity index (χ2n) is 8.61. The Morgan fingerprint density at radius 2 is 2.00 bits per heavy atom. The van der Waals surface area contributed by atoms with Gasteiger partial charge in [0.15, 0.2) is 5.13 Å². The van der Waals surface area contributed by atoms with Crippen LogP contribution in [0.3, 0.4) is 0 Å². The minimum absolute atomic E-state index is 0.0224. The molecule has 1 aliphatic rings. The van der Waals surface area contributed by atoms with Crippen LogP contribution in [0.5, 0.6) is 5.75 Å². The van der Waals surface area contributed by atoms with Gasteiger partial charge in [0, 0.05) is 36.8 Å². The van der Waals surface area contributed by atoms with Crippen molar-refractivity contribution in [2.75, 3.05) is 19.0 Å². The van der Waals surface area contributed by atoms with Gasteiger partial charge >= 0.3 is 0 Å². The topological polar surface area (TPSA) is 117 Å². The van der Waals surface area contributed by atoms with Crippen molar-refractivity contribution in [2.45, 2.75) is 39.7 Å². The molecule has 0 unspecified atom stereocenters. The minimum atomic E-state index is -0.499. The summed E-state index contributed by atoms with van der Waals surface area (Å²) in [7, 11) is 1.59. The molecule has 34 heavy (non-hydrogen) atoms. The first-order chi connectivity index (χ1) is 16.3. The Kier molecular flexibility index (Phi) is 7.06. The highest BCUT2D eigenvalue weighted by Crippen LogP contribution is 2.29. The van der Waals surface area contributed by atoms with Gasteiger partial charge in [-0.1, -0.05) is 37.3 Å². The number of aromatic amines is 1. The summed E-state index contributed by atoms with van der Waals surface area (Å²) < 4.78 is 5.16. The third-order valence-corrected chi connectivity index (χ3v) is 6.44. The number of nitrogens with one attached hydrogen (secondary N) is 2. The maximum atomic E-state index is 12.8. The summed E-state index contributed by atoms with van der Waals surface area (Å²) in [4.78, 5) is 51.7. The van der Waals surface area contributed by atoms with Gasteiger partial charge in [-0.05, 0) is 23.6 Å².